The first-order chi connectivity index (χ1) is 17.8. The van der Waals surface area contributed by atoms with E-state index in [1.807, 2.05) is 0 Å². The Balaban J connectivity index is 1.42. The number of benzene rings is 3. The van der Waals surface area contributed by atoms with Crippen LogP contribution < -0.4 is 10.6 Å². The normalized spacial score (nSPS) is 15.5. The van der Waals surface area contributed by atoms with Crippen molar-refractivity contribution in [2.24, 2.45) is 0 Å². The van der Waals surface area contributed by atoms with Crippen molar-refractivity contribution >= 4 is 28.4 Å². The fourth-order valence-electron chi connectivity index (χ4n) is 3.91. The molecule has 1 fully saturated rings. The lowest BCUT2D eigenvalue weighted by Crippen LogP contribution is -2.33. The Labute approximate surface area is 207 Å². The van der Waals surface area contributed by atoms with Crippen molar-refractivity contribution in [3.05, 3.63) is 100 Å². The molecule has 0 radical (unpaired) electrons. The van der Waals surface area contributed by atoms with E-state index in [9.17, 15) is 22.8 Å². The van der Waals surface area contributed by atoms with Gasteiger partial charge >= 0.3 is 0 Å². The van der Waals surface area contributed by atoms with Gasteiger partial charge in [0.15, 0.2) is 23.2 Å². The summed E-state index contributed by atoms with van der Waals surface area (Å²) in [5.74, 6) is -6.84. The summed E-state index contributed by atoms with van der Waals surface area (Å²) >= 11 is 0. The summed E-state index contributed by atoms with van der Waals surface area (Å²) in [6.45, 7) is 1.86. The lowest BCUT2D eigenvalue weighted by Gasteiger charge is -2.22. The Morgan fingerprint density at radius 3 is 2.46 bits per heavy atom. The number of halogens is 4. The van der Waals surface area contributed by atoms with Gasteiger partial charge in [-0.3, -0.25) is 14.6 Å². The number of carbonyl (C=O) groups excluding carboxylic acids is 2. The minimum atomic E-state index is -1.32. The van der Waals surface area contributed by atoms with E-state index in [0.29, 0.717) is 35.9 Å². The number of aromatic nitrogens is 2. The van der Waals surface area contributed by atoms with Crippen molar-refractivity contribution in [2.45, 2.75) is 6.10 Å². The maximum atomic E-state index is 15.2. The van der Waals surface area contributed by atoms with Crippen molar-refractivity contribution in [2.75, 3.05) is 25.0 Å². The minimum Gasteiger partial charge on any atom is -0.369 e. The summed E-state index contributed by atoms with van der Waals surface area (Å²) in [5, 5.41) is 5.35. The highest BCUT2D eigenvalue weighted by Crippen LogP contribution is 2.26. The van der Waals surface area contributed by atoms with E-state index in [1.54, 1.807) is 0 Å². The molecule has 5 rings (SSSR count). The van der Waals surface area contributed by atoms with Crippen molar-refractivity contribution in [3.63, 3.8) is 0 Å². The number of carbonyl (C=O) groups is 2. The summed E-state index contributed by atoms with van der Waals surface area (Å²) in [6.07, 6.45) is 1.25. The molecule has 11 heteroatoms. The Bertz CT molecular complexity index is 1540. The van der Waals surface area contributed by atoms with Gasteiger partial charge in [0.25, 0.3) is 5.91 Å². The van der Waals surface area contributed by atoms with Crippen molar-refractivity contribution < 1.29 is 31.9 Å². The van der Waals surface area contributed by atoms with Gasteiger partial charge in [-0.1, -0.05) is 0 Å². The molecule has 0 saturated carbocycles. The second kappa shape index (κ2) is 10.0. The summed E-state index contributed by atoms with van der Waals surface area (Å²) in [6, 6.07) is 8.37. The molecule has 1 aromatic heterocycles. The van der Waals surface area contributed by atoms with Gasteiger partial charge < -0.3 is 15.4 Å². The molecule has 1 atom stereocenters. The summed E-state index contributed by atoms with van der Waals surface area (Å²) in [4.78, 5) is 34.3. The molecule has 2 N–H and O–H groups in total. The first kappa shape index (κ1) is 24.5. The van der Waals surface area contributed by atoms with E-state index < -0.39 is 46.2 Å². The fourth-order valence-corrected chi connectivity index (χ4v) is 3.91. The Morgan fingerprint density at radius 2 is 1.70 bits per heavy atom. The number of hydrogen-bond acceptors (Lipinski definition) is 6. The van der Waals surface area contributed by atoms with Crippen molar-refractivity contribution in [1.29, 1.82) is 0 Å². The number of morpholine rings is 1. The number of hydrogen-bond donors (Lipinski definition) is 2. The second-order valence-corrected chi connectivity index (χ2v) is 8.26. The molecular weight excluding hydrogens is 492 g/mol. The molecule has 0 spiro atoms. The summed E-state index contributed by atoms with van der Waals surface area (Å²) in [7, 11) is 0. The molecule has 1 unspecified atom stereocenters. The molecule has 0 bridgehead atoms. The molecule has 3 aromatic carbocycles. The smallest absolute Gasteiger partial charge is 0.255 e. The molecular formula is C26H18F4N4O3. The van der Waals surface area contributed by atoms with E-state index in [1.165, 1.54) is 24.4 Å². The maximum Gasteiger partial charge on any atom is 0.255 e. The number of rotatable bonds is 5. The molecule has 0 aliphatic carbocycles. The number of nitrogens with zero attached hydrogens (tertiary/aromatic N) is 2. The predicted molar refractivity (Wildman–Crippen MR) is 125 cm³/mol. The number of ether oxygens (including phenoxy) is 1. The van der Waals surface area contributed by atoms with E-state index in [-0.39, 0.29) is 17.2 Å². The third kappa shape index (κ3) is 4.91. The molecule has 188 valence electrons. The third-order valence-corrected chi connectivity index (χ3v) is 5.83. The molecule has 37 heavy (non-hydrogen) atoms. The zero-order valence-corrected chi connectivity index (χ0v) is 19.0. The van der Waals surface area contributed by atoms with Crippen LogP contribution in [0.5, 0.6) is 0 Å². The molecule has 4 aromatic rings. The van der Waals surface area contributed by atoms with Crippen LogP contribution in [0, 0.1) is 23.3 Å². The quantitative estimate of drug-likeness (QED) is 0.307. The van der Waals surface area contributed by atoms with Gasteiger partial charge in [-0.2, -0.15) is 0 Å². The van der Waals surface area contributed by atoms with Gasteiger partial charge in [0, 0.05) is 24.2 Å². The highest BCUT2D eigenvalue weighted by Gasteiger charge is 2.24. The van der Waals surface area contributed by atoms with E-state index in [0.717, 1.165) is 30.8 Å². The van der Waals surface area contributed by atoms with Crippen LogP contribution in [0.3, 0.4) is 0 Å². The topological polar surface area (TPSA) is 93.2 Å². The predicted octanol–water partition coefficient (Wildman–Crippen LogP) is 4.33. The van der Waals surface area contributed by atoms with Crippen LogP contribution in [0.1, 0.15) is 38.1 Å². The van der Waals surface area contributed by atoms with E-state index >= 15 is 4.39 Å². The van der Waals surface area contributed by atoms with Crippen LogP contribution in [-0.4, -0.2) is 41.4 Å². The third-order valence-electron chi connectivity index (χ3n) is 5.83. The van der Waals surface area contributed by atoms with Gasteiger partial charge in [0.1, 0.15) is 11.9 Å². The Morgan fingerprint density at radius 1 is 0.919 bits per heavy atom. The lowest BCUT2D eigenvalue weighted by atomic mass is 10.0. The van der Waals surface area contributed by atoms with Gasteiger partial charge in [0.05, 0.1) is 40.8 Å². The minimum absolute atomic E-state index is 0.0491. The Hall–Kier alpha value is -4.22. The van der Waals surface area contributed by atoms with E-state index in [4.69, 9.17) is 4.74 Å². The van der Waals surface area contributed by atoms with Crippen LogP contribution >= 0.6 is 0 Å². The van der Waals surface area contributed by atoms with Crippen molar-refractivity contribution in [1.82, 2.24) is 15.3 Å². The van der Waals surface area contributed by atoms with Crippen LogP contribution in [0.2, 0.25) is 0 Å². The Kier molecular flexibility index (Phi) is 6.64. The average Bonchev–Trinajstić information content (AvgIpc) is 2.91. The molecule has 1 aliphatic heterocycles. The van der Waals surface area contributed by atoms with Crippen molar-refractivity contribution in [3.8, 4) is 0 Å². The number of anilines is 1. The van der Waals surface area contributed by atoms with Gasteiger partial charge in [-0.15, -0.1) is 0 Å². The largest absolute Gasteiger partial charge is 0.369 e. The van der Waals surface area contributed by atoms with Gasteiger partial charge in [-0.25, -0.2) is 22.5 Å². The van der Waals surface area contributed by atoms with E-state index in [2.05, 4.69) is 20.6 Å². The molecule has 1 aliphatic rings. The average molecular weight is 510 g/mol. The summed E-state index contributed by atoms with van der Waals surface area (Å²) in [5.41, 5.74) is -0.331. The number of nitrogens with one attached hydrogen (secondary N) is 2. The molecule has 1 amide bonds. The number of fused-ring (bicyclic) bond motifs is 1. The highest BCUT2D eigenvalue weighted by molar-refractivity contribution is 6.12. The first-order valence-corrected chi connectivity index (χ1v) is 11.2. The standard InChI is InChI=1S/C26H18F4N4O3/c27-15-3-1-14(9-17(15)29)26(36)34-19-6-4-16(28)23(24(19)30)25(35)13-2-5-18-20(10-13)32-11-21(33-18)22-12-31-7-8-37-22/h1-6,9-11,22,31H,7-8,12H2,(H,34,36). The second-order valence-electron chi connectivity index (χ2n) is 8.26. The van der Waals surface area contributed by atoms with Crippen LogP contribution in [0.4, 0.5) is 23.2 Å². The maximum absolute atomic E-state index is 15.2. The number of amides is 1. The van der Waals surface area contributed by atoms with Crippen LogP contribution in [-0.2, 0) is 4.74 Å². The summed E-state index contributed by atoms with van der Waals surface area (Å²) < 4.78 is 62.1. The zero-order chi connectivity index (χ0) is 26.1. The van der Waals surface area contributed by atoms with Gasteiger partial charge in [-0.05, 0) is 48.5 Å². The lowest BCUT2D eigenvalue weighted by molar-refractivity contribution is 0.0250. The van der Waals surface area contributed by atoms with Crippen LogP contribution in [0.15, 0.2) is 54.7 Å². The van der Waals surface area contributed by atoms with Crippen LogP contribution in [0.25, 0.3) is 11.0 Å². The monoisotopic (exact) mass is 510 g/mol. The van der Waals surface area contributed by atoms with Gasteiger partial charge in [0.2, 0.25) is 0 Å². The first-order valence-electron chi connectivity index (χ1n) is 11.2. The molecule has 2 heterocycles. The molecule has 7 nitrogen and oxygen atoms in total. The highest BCUT2D eigenvalue weighted by atomic mass is 19.2. The number of ketones is 1. The zero-order valence-electron chi connectivity index (χ0n) is 19.0. The fraction of sp³-hybridized carbons (Fsp3) is 0.154. The molecule has 1 saturated heterocycles. The SMILES string of the molecule is O=C(Nc1ccc(F)c(C(=O)c2ccc3nc(C4CNCCO4)cnc3c2)c1F)c1ccc(F)c(F)c1.